The van der Waals surface area contributed by atoms with E-state index in [0.717, 1.165) is 17.0 Å². The van der Waals surface area contributed by atoms with Crippen LogP contribution in [0.1, 0.15) is 12.5 Å². The summed E-state index contributed by atoms with van der Waals surface area (Å²) in [6, 6.07) is 5.44. The topological polar surface area (TPSA) is 55.5 Å². The predicted octanol–water partition coefficient (Wildman–Crippen LogP) is 1.34. The molecule has 0 fully saturated rings. The number of nitrogens with two attached hydrogens (primary N) is 1. The molecule has 0 aromatic heterocycles. The van der Waals surface area contributed by atoms with Gasteiger partial charge in [0.1, 0.15) is 12.4 Å². The van der Waals surface area contributed by atoms with Crippen LogP contribution in [0.4, 0.5) is 5.69 Å². The summed E-state index contributed by atoms with van der Waals surface area (Å²) >= 11 is 0. The van der Waals surface area contributed by atoms with Gasteiger partial charge in [-0.3, -0.25) is 0 Å². The van der Waals surface area contributed by atoms with Crippen molar-refractivity contribution in [1.29, 1.82) is 0 Å². The van der Waals surface area contributed by atoms with Gasteiger partial charge in [-0.2, -0.15) is 0 Å². The summed E-state index contributed by atoms with van der Waals surface area (Å²) in [5.74, 6) is 0.773. The molecule has 3 heteroatoms. The Hall–Kier alpha value is -1.22. The lowest BCUT2D eigenvalue weighted by atomic mass is 10.2. The van der Waals surface area contributed by atoms with Gasteiger partial charge in [0.25, 0.3) is 0 Å². The van der Waals surface area contributed by atoms with E-state index in [1.54, 1.807) is 13.0 Å². The third-order valence-electron chi connectivity index (χ3n) is 1.68. The number of benzene rings is 1. The highest BCUT2D eigenvalue weighted by atomic mass is 16.5. The molecule has 0 amide bonds. The first-order valence-electron chi connectivity index (χ1n) is 4.26. The van der Waals surface area contributed by atoms with E-state index in [1.165, 1.54) is 0 Å². The van der Waals surface area contributed by atoms with Gasteiger partial charge in [-0.25, -0.2) is 0 Å². The molecule has 0 radical (unpaired) electrons. The van der Waals surface area contributed by atoms with E-state index >= 15 is 0 Å². The Bertz CT molecular complexity index is 284. The maximum absolute atomic E-state index is 9.01. The van der Waals surface area contributed by atoms with Gasteiger partial charge in [0.2, 0.25) is 0 Å². The fourth-order valence-electron chi connectivity index (χ4n) is 1.04. The first-order valence-corrected chi connectivity index (χ1v) is 4.26. The molecule has 3 N–H and O–H groups in total. The highest BCUT2D eigenvalue weighted by Crippen LogP contribution is 2.20. The minimum absolute atomic E-state index is 0.310. The monoisotopic (exact) mass is 181 g/mol. The van der Waals surface area contributed by atoms with Crippen molar-refractivity contribution < 1.29 is 9.84 Å². The third kappa shape index (κ3) is 2.95. The first kappa shape index (κ1) is 9.86. The van der Waals surface area contributed by atoms with Crippen molar-refractivity contribution in [2.75, 3.05) is 12.3 Å². The Labute approximate surface area is 78.1 Å². The van der Waals surface area contributed by atoms with E-state index in [1.807, 2.05) is 19.1 Å². The van der Waals surface area contributed by atoms with Crippen LogP contribution in [-0.4, -0.2) is 17.8 Å². The number of nitrogen functional groups attached to an aromatic ring is 1. The molecule has 0 spiro atoms. The number of aryl methyl sites for hydroxylation is 1. The highest BCUT2D eigenvalue weighted by molar-refractivity contribution is 5.47. The predicted molar refractivity (Wildman–Crippen MR) is 52.8 cm³/mol. The summed E-state index contributed by atoms with van der Waals surface area (Å²) < 4.78 is 5.35. The van der Waals surface area contributed by atoms with Crippen LogP contribution in [-0.2, 0) is 0 Å². The summed E-state index contributed by atoms with van der Waals surface area (Å²) in [7, 11) is 0. The van der Waals surface area contributed by atoms with Gasteiger partial charge in [-0.1, -0.05) is 0 Å². The average Bonchev–Trinajstić information content (AvgIpc) is 2.02. The number of anilines is 1. The second kappa shape index (κ2) is 4.14. The van der Waals surface area contributed by atoms with Crippen molar-refractivity contribution >= 4 is 5.69 Å². The molecular weight excluding hydrogens is 166 g/mol. The second-order valence-electron chi connectivity index (χ2n) is 3.18. The Kier molecular flexibility index (Phi) is 3.14. The van der Waals surface area contributed by atoms with Crippen molar-refractivity contribution in [2.24, 2.45) is 0 Å². The largest absolute Gasteiger partial charge is 0.491 e. The molecule has 13 heavy (non-hydrogen) atoms. The second-order valence-corrected chi connectivity index (χ2v) is 3.18. The lowest BCUT2D eigenvalue weighted by Crippen LogP contribution is -2.13. The maximum atomic E-state index is 9.01. The van der Waals surface area contributed by atoms with Crippen molar-refractivity contribution in [3.05, 3.63) is 23.8 Å². The maximum Gasteiger partial charge on any atom is 0.122 e. The van der Waals surface area contributed by atoms with Crippen LogP contribution in [0.3, 0.4) is 0 Å². The van der Waals surface area contributed by atoms with E-state index < -0.39 is 6.10 Å². The lowest BCUT2D eigenvalue weighted by molar-refractivity contribution is 0.122. The first-order chi connectivity index (χ1) is 6.09. The molecule has 3 nitrogen and oxygen atoms in total. The number of hydrogen-bond acceptors (Lipinski definition) is 3. The van der Waals surface area contributed by atoms with Crippen LogP contribution < -0.4 is 10.5 Å². The third-order valence-corrected chi connectivity index (χ3v) is 1.68. The molecule has 0 saturated heterocycles. The number of aliphatic hydroxyl groups is 1. The Morgan fingerprint density at radius 2 is 2.23 bits per heavy atom. The normalized spacial score (nSPS) is 12.5. The van der Waals surface area contributed by atoms with Crippen LogP contribution >= 0.6 is 0 Å². The van der Waals surface area contributed by atoms with E-state index in [0.29, 0.717) is 6.61 Å². The summed E-state index contributed by atoms with van der Waals surface area (Å²) in [5, 5.41) is 9.01. The lowest BCUT2D eigenvalue weighted by Gasteiger charge is -2.10. The summed E-state index contributed by atoms with van der Waals surface area (Å²) in [4.78, 5) is 0. The minimum Gasteiger partial charge on any atom is -0.491 e. The smallest absolute Gasteiger partial charge is 0.122 e. The Balaban J connectivity index is 2.67. The quantitative estimate of drug-likeness (QED) is 0.692. The van der Waals surface area contributed by atoms with Gasteiger partial charge in [-0.05, 0) is 37.6 Å². The molecule has 1 unspecified atom stereocenters. The van der Waals surface area contributed by atoms with Crippen molar-refractivity contribution in [1.82, 2.24) is 0 Å². The van der Waals surface area contributed by atoms with Crippen molar-refractivity contribution in [2.45, 2.75) is 20.0 Å². The molecule has 72 valence electrons. The van der Waals surface area contributed by atoms with E-state index in [2.05, 4.69) is 0 Å². The van der Waals surface area contributed by atoms with Gasteiger partial charge in [0.15, 0.2) is 0 Å². The van der Waals surface area contributed by atoms with Gasteiger partial charge >= 0.3 is 0 Å². The molecule has 1 rings (SSSR count). The van der Waals surface area contributed by atoms with Crippen molar-refractivity contribution in [3.63, 3.8) is 0 Å². The van der Waals surface area contributed by atoms with Crippen molar-refractivity contribution in [3.8, 4) is 5.75 Å². The van der Waals surface area contributed by atoms with Gasteiger partial charge in [0.05, 0.1) is 6.10 Å². The molecule has 0 heterocycles. The van der Waals surface area contributed by atoms with Crippen LogP contribution in [0.25, 0.3) is 0 Å². The van der Waals surface area contributed by atoms with Crippen LogP contribution in [0, 0.1) is 6.92 Å². The average molecular weight is 181 g/mol. The number of rotatable bonds is 3. The van der Waals surface area contributed by atoms with Crippen LogP contribution in [0.2, 0.25) is 0 Å². The fraction of sp³-hybridized carbons (Fsp3) is 0.400. The zero-order valence-electron chi connectivity index (χ0n) is 7.95. The van der Waals surface area contributed by atoms with Gasteiger partial charge in [-0.15, -0.1) is 0 Å². The number of aliphatic hydroxyl groups excluding tert-OH is 1. The molecule has 0 aliphatic heterocycles. The minimum atomic E-state index is -0.447. The standard InChI is InChI=1S/C10H15NO2/c1-7-5-9(11)3-4-10(7)13-6-8(2)12/h3-5,8,12H,6,11H2,1-2H3. The van der Waals surface area contributed by atoms with Crippen LogP contribution in [0.5, 0.6) is 5.75 Å². The zero-order chi connectivity index (χ0) is 9.84. The molecular formula is C10H15NO2. The molecule has 1 aromatic rings. The Morgan fingerprint density at radius 1 is 1.54 bits per heavy atom. The summed E-state index contributed by atoms with van der Waals surface area (Å²) in [5.41, 5.74) is 7.29. The molecule has 0 aliphatic carbocycles. The van der Waals surface area contributed by atoms with E-state index in [9.17, 15) is 0 Å². The molecule has 0 saturated carbocycles. The summed E-state index contributed by atoms with van der Waals surface area (Å²) in [6.07, 6.45) is -0.447. The van der Waals surface area contributed by atoms with Gasteiger partial charge < -0.3 is 15.6 Å². The molecule has 0 bridgehead atoms. The fourth-order valence-corrected chi connectivity index (χ4v) is 1.04. The SMILES string of the molecule is Cc1cc(N)ccc1OCC(C)O. The number of hydrogen-bond donors (Lipinski definition) is 2. The highest BCUT2D eigenvalue weighted by Gasteiger charge is 2.01. The van der Waals surface area contributed by atoms with E-state index in [4.69, 9.17) is 15.6 Å². The van der Waals surface area contributed by atoms with E-state index in [-0.39, 0.29) is 0 Å². The number of ether oxygens (including phenoxy) is 1. The zero-order valence-corrected chi connectivity index (χ0v) is 7.95. The summed E-state index contributed by atoms with van der Waals surface area (Å²) in [6.45, 7) is 3.92. The molecule has 1 atom stereocenters. The molecule has 1 aromatic carbocycles. The van der Waals surface area contributed by atoms with Crippen LogP contribution in [0.15, 0.2) is 18.2 Å². The molecule has 0 aliphatic rings. The Morgan fingerprint density at radius 3 is 2.77 bits per heavy atom. The van der Waals surface area contributed by atoms with Gasteiger partial charge in [0, 0.05) is 5.69 Å².